The van der Waals surface area contributed by atoms with Gasteiger partial charge in [-0.25, -0.2) is 4.99 Å². The maximum atomic E-state index is 11.3. The predicted octanol–water partition coefficient (Wildman–Crippen LogP) is 0.453. The monoisotopic (exact) mass is 265 g/mol. The minimum absolute atomic E-state index is 0.0520. The van der Waals surface area contributed by atoms with Crippen LogP contribution in [0.5, 0.6) is 0 Å². The van der Waals surface area contributed by atoms with E-state index in [1.807, 2.05) is 12.2 Å². The van der Waals surface area contributed by atoms with Crippen LogP contribution in [-0.4, -0.2) is 30.4 Å². The lowest BCUT2D eigenvalue weighted by Crippen LogP contribution is -2.35. The van der Waals surface area contributed by atoms with Gasteiger partial charge in [0.25, 0.3) is 5.91 Å². The summed E-state index contributed by atoms with van der Waals surface area (Å²) in [4.78, 5) is 25.8. The summed E-state index contributed by atoms with van der Waals surface area (Å²) in [5.41, 5.74) is 0.670. The Morgan fingerprint density at radius 1 is 1.72 bits per heavy atom. The van der Waals surface area contributed by atoms with Gasteiger partial charge in [0.1, 0.15) is 5.76 Å². The minimum Gasteiger partial charge on any atom is -0.780 e. The first kappa shape index (κ1) is 12.9. The van der Waals surface area contributed by atoms with Crippen LogP contribution in [0, 0.1) is 5.92 Å². The van der Waals surface area contributed by atoms with Gasteiger partial charge in [0.2, 0.25) is 5.91 Å². The molecule has 6 heteroatoms. The largest absolute Gasteiger partial charge is 0.780 e. The molecule has 1 aliphatic carbocycles. The van der Waals surface area contributed by atoms with E-state index >= 15 is 0 Å². The molecule has 1 N–H and O–H groups in total. The summed E-state index contributed by atoms with van der Waals surface area (Å²) < 4.78 is 5.28. The molecule has 2 amide bonds. The number of carbonyl (C=O) groups is 2. The van der Waals surface area contributed by atoms with E-state index in [2.05, 4.69) is 17.0 Å². The number of nitrogens with one attached hydrogen (secondary N) is 1. The first-order valence-corrected chi connectivity index (χ1v) is 6.08. The average Bonchev–Trinajstić information content (AvgIpc) is 2.37. The van der Waals surface area contributed by atoms with Crippen molar-refractivity contribution in [2.45, 2.75) is 18.1 Å². The fourth-order valence-electron chi connectivity index (χ4n) is 1.97. The molecule has 0 saturated carbocycles. The number of amides is 2. The van der Waals surface area contributed by atoms with Gasteiger partial charge in [0, 0.05) is 0 Å². The molecule has 96 valence electrons. The molecule has 2 aliphatic rings. The molecule has 2 atom stereocenters. The molecule has 0 radical (unpaired) electrons. The normalized spacial score (nSPS) is 23.8. The zero-order valence-corrected chi connectivity index (χ0v) is 10.5. The molecule has 5 nitrogen and oxygen atoms in total. The van der Waals surface area contributed by atoms with Crippen LogP contribution in [0.25, 0.3) is 0 Å². The number of hydrogen-bond acceptors (Lipinski definition) is 4. The first-order valence-electron chi connectivity index (χ1n) is 5.61. The highest BCUT2D eigenvalue weighted by Crippen LogP contribution is 2.27. The number of aliphatic imine (C=N–C) groups is 1. The van der Waals surface area contributed by atoms with Crippen molar-refractivity contribution in [1.82, 2.24) is 5.32 Å². The van der Waals surface area contributed by atoms with E-state index in [0.717, 1.165) is 6.42 Å². The molecule has 0 bridgehead atoms. The highest BCUT2D eigenvalue weighted by Gasteiger charge is 2.23. The van der Waals surface area contributed by atoms with Gasteiger partial charge in [-0.3, -0.25) is 9.59 Å². The number of hydrogen-bond donors (Lipinski definition) is 1. The Kier molecular flexibility index (Phi) is 3.86. The molecule has 1 aliphatic heterocycles. The van der Waals surface area contributed by atoms with Crippen molar-refractivity contribution in [2.24, 2.45) is 10.9 Å². The van der Waals surface area contributed by atoms with Crippen LogP contribution in [0.4, 0.5) is 0 Å². The van der Waals surface area contributed by atoms with E-state index < -0.39 is 5.25 Å². The highest BCUT2D eigenvalue weighted by atomic mass is 32.1. The molecule has 18 heavy (non-hydrogen) atoms. The number of morpholine rings is 1. The van der Waals surface area contributed by atoms with Gasteiger partial charge < -0.3 is 22.7 Å². The van der Waals surface area contributed by atoms with E-state index in [4.69, 9.17) is 17.4 Å². The molecule has 1 saturated heterocycles. The molecule has 0 spiro atoms. The number of allylic oxidation sites excluding steroid dienone is 2. The molecular formula is C12H13N2O3S-. The van der Waals surface area contributed by atoms with Crippen molar-refractivity contribution in [2.75, 3.05) is 6.61 Å². The molecule has 0 aromatic rings. The Hall–Kier alpha value is -1.56. The fraction of sp³-hybridized carbons (Fsp3) is 0.417. The Morgan fingerprint density at radius 3 is 3.22 bits per heavy atom. The lowest BCUT2D eigenvalue weighted by Gasteiger charge is -2.29. The number of nitrogens with zero attached hydrogens (tertiary/aromatic N) is 1. The van der Waals surface area contributed by atoms with Gasteiger partial charge in [0.15, 0.2) is 6.61 Å². The summed E-state index contributed by atoms with van der Waals surface area (Å²) in [5.74, 6) is 0.263. The summed E-state index contributed by atoms with van der Waals surface area (Å²) in [5, 5.41) is 2.17. The van der Waals surface area contributed by atoms with Crippen molar-refractivity contribution < 1.29 is 14.3 Å². The van der Waals surface area contributed by atoms with Gasteiger partial charge in [-0.2, -0.15) is 0 Å². The van der Waals surface area contributed by atoms with Crippen LogP contribution in [0.1, 0.15) is 12.8 Å². The fourth-order valence-corrected chi connectivity index (χ4v) is 2.29. The van der Waals surface area contributed by atoms with Crippen LogP contribution >= 0.6 is 0 Å². The Balaban J connectivity index is 2.01. The van der Waals surface area contributed by atoms with Crippen molar-refractivity contribution >= 4 is 31.2 Å². The lowest BCUT2D eigenvalue weighted by molar-refractivity contribution is -0.125. The molecule has 1 fully saturated rings. The van der Waals surface area contributed by atoms with Gasteiger partial charge >= 0.3 is 0 Å². The Labute approximate surface area is 110 Å². The van der Waals surface area contributed by atoms with Gasteiger partial charge in [0.05, 0.1) is 5.70 Å². The third-order valence-electron chi connectivity index (χ3n) is 2.85. The van der Waals surface area contributed by atoms with Crippen LogP contribution in [0.15, 0.2) is 28.6 Å². The smallest absolute Gasteiger partial charge is 0.262 e. The van der Waals surface area contributed by atoms with E-state index in [0.29, 0.717) is 17.9 Å². The third kappa shape index (κ3) is 2.81. The van der Waals surface area contributed by atoms with E-state index in [1.54, 1.807) is 0 Å². The zero-order chi connectivity index (χ0) is 13.1. The second kappa shape index (κ2) is 5.39. The second-order valence-corrected chi connectivity index (χ2v) is 4.77. The summed E-state index contributed by atoms with van der Waals surface area (Å²) in [6.45, 7) is 3.23. The van der Waals surface area contributed by atoms with Crippen molar-refractivity contribution in [3.63, 3.8) is 0 Å². The maximum Gasteiger partial charge on any atom is 0.262 e. The van der Waals surface area contributed by atoms with E-state index in [9.17, 15) is 9.59 Å². The SMILES string of the molecule is C=NC(=O)C([S-])CC1C=C2NC(=O)COC2=CC1. The number of carbonyl (C=O) groups excluding carboxylic acids is 2. The van der Waals surface area contributed by atoms with Crippen molar-refractivity contribution in [1.29, 1.82) is 0 Å². The molecule has 2 unspecified atom stereocenters. The number of ether oxygens (including phenoxy) is 1. The third-order valence-corrected chi connectivity index (χ3v) is 3.25. The maximum absolute atomic E-state index is 11.3. The van der Waals surface area contributed by atoms with Gasteiger partial charge in [-0.05, 0) is 25.1 Å². The van der Waals surface area contributed by atoms with Crippen LogP contribution < -0.4 is 5.32 Å². The predicted molar refractivity (Wildman–Crippen MR) is 68.7 cm³/mol. The Morgan fingerprint density at radius 2 is 2.50 bits per heavy atom. The summed E-state index contributed by atoms with van der Waals surface area (Å²) >= 11 is 5.06. The van der Waals surface area contributed by atoms with Crippen molar-refractivity contribution in [3.05, 3.63) is 23.6 Å². The van der Waals surface area contributed by atoms with E-state index in [-0.39, 0.29) is 24.3 Å². The molecule has 2 rings (SSSR count). The van der Waals surface area contributed by atoms with Gasteiger partial charge in [-0.1, -0.05) is 17.7 Å². The zero-order valence-electron chi connectivity index (χ0n) is 9.72. The molecule has 1 heterocycles. The average molecular weight is 265 g/mol. The topological polar surface area (TPSA) is 67.8 Å². The quantitative estimate of drug-likeness (QED) is 0.594. The lowest BCUT2D eigenvalue weighted by atomic mass is 9.92. The van der Waals surface area contributed by atoms with Crippen molar-refractivity contribution in [3.8, 4) is 0 Å². The minimum atomic E-state index is -0.570. The Bertz CT molecular complexity index is 456. The molecule has 0 aromatic heterocycles. The summed E-state index contributed by atoms with van der Waals surface area (Å²) in [6.07, 6.45) is 5.05. The van der Waals surface area contributed by atoms with Crippen LogP contribution in [0.3, 0.4) is 0 Å². The van der Waals surface area contributed by atoms with Crippen LogP contribution in [-0.2, 0) is 27.0 Å². The summed E-state index contributed by atoms with van der Waals surface area (Å²) in [6, 6.07) is 0. The molecular weight excluding hydrogens is 252 g/mol. The second-order valence-electron chi connectivity index (χ2n) is 4.20. The standard InChI is InChI=1S/C12H14N2O3S/c1-13-12(16)10(18)5-7-2-3-9-8(4-7)14-11(15)6-17-9/h3-4,7,10,18H,1-2,5-6H2,(H,14,15)/p-1. The van der Waals surface area contributed by atoms with Gasteiger partial charge in [-0.15, -0.1) is 0 Å². The number of fused-ring (bicyclic) bond motifs is 1. The van der Waals surface area contributed by atoms with E-state index in [1.165, 1.54) is 0 Å². The highest BCUT2D eigenvalue weighted by molar-refractivity contribution is 7.60. The first-order chi connectivity index (χ1) is 8.60. The number of rotatable bonds is 3. The summed E-state index contributed by atoms with van der Waals surface area (Å²) in [7, 11) is 0. The van der Waals surface area contributed by atoms with Crippen LogP contribution in [0.2, 0.25) is 0 Å². The molecule has 0 aromatic carbocycles.